The summed E-state index contributed by atoms with van der Waals surface area (Å²) in [5.41, 5.74) is -0.161. The van der Waals surface area contributed by atoms with Crippen molar-refractivity contribution in [1.29, 1.82) is 0 Å². The number of hydrogen-bond donors (Lipinski definition) is 1. The molecule has 0 heterocycles. The third-order valence-electron chi connectivity index (χ3n) is 2.32. The van der Waals surface area contributed by atoms with Crippen LogP contribution in [-0.4, -0.2) is 32.1 Å². The van der Waals surface area contributed by atoms with Crippen LogP contribution in [0.25, 0.3) is 0 Å². The number of esters is 1. The van der Waals surface area contributed by atoms with Crippen molar-refractivity contribution in [2.24, 2.45) is 0 Å². The number of carbonyl (C=O) groups is 2. The minimum atomic E-state index is -0.844. The molecule has 0 aliphatic heterocycles. The number of hydrogen-bond acceptors (Lipinski definition) is 4. The first kappa shape index (κ1) is 14.0. The van der Waals surface area contributed by atoms with Crippen molar-refractivity contribution < 1.29 is 23.5 Å². The monoisotopic (exact) mass is 255 g/mol. The number of nitrogens with one attached hydrogen (secondary N) is 1. The summed E-state index contributed by atoms with van der Waals surface area (Å²) in [6, 6.07) is 3.00. The first-order valence-corrected chi connectivity index (χ1v) is 5.21. The third kappa shape index (κ3) is 3.19. The zero-order valence-corrected chi connectivity index (χ0v) is 10.3. The van der Waals surface area contributed by atoms with Crippen LogP contribution in [0, 0.1) is 5.82 Å². The Kier molecular flexibility index (Phi) is 4.65. The van der Waals surface area contributed by atoms with Crippen molar-refractivity contribution in [3.8, 4) is 5.75 Å². The zero-order chi connectivity index (χ0) is 13.7. The normalized spacial score (nSPS) is 11.6. The van der Waals surface area contributed by atoms with Crippen LogP contribution in [0.4, 0.5) is 4.39 Å². The van der Waals surface area contributed by atoms with Gasteiger partial charge in [0.1, 0.15) is 17.6 Å². The molecule has 0 saturated carbocycles. The van der Waals surface area contributed by atoms with E-state index < -0.39 is 23.7 Å². The fraction of sp³-hybridized carbons (Fsp3) is 0.333. The standard InChI is InChI=1S/C12H14FNO4/c1-7(12(16)18-3)14-11(15)9-5-4-8(17-2)6-10(9)13/h4-7H,1-3H3,(H,14,15). The highest BCUT2D eigenvalue weighted by molar-refractivity contribution is 5.97. The van der Waals surface area contributed by atoms with Crippen molar-refractivity contribution in [3.05, 3.63) is 29.6 Å². The van der Waals surface area contributed by atoms with Gasteiger partial charge >= 0.3 is 5.97 Å². The Morgan fingerprint density at radius 3 is 2.50 bits per heavy atom. The van der Waals surface area contributed by atoms with Crippen molar-refractivity contribution in [3.63, 3.8) is 0 Å². The summed E-state index contributed by atoms with van der Waals surface area (Å²) in [6.07, 6.45) is 0. The van der Waals surface area contributed by atoms with E-state index in [2.05, 4.69) is 10.1 Å². The molecule has 1 atom stereocenters. The minimum Gasteiger partial charge on any atom is -0.497 e. The number of ether oxygens (including phenoxy) is 2. The molecule has 0 aromatic heterocycles. The lowest BCUT2D eigenvalue weighted by atomic mass is 10.1. The Labute approximate surface area is 104 Å². The predicted octanol–water partition coefficient (Wildman–Crippen LogP) is 1.13. The summed E-state index contributed by atoms with van der Waals surface area (Å²) in [6.45, 7) is 1.45. The molecule has 98 valence electrons. The molecule has 5 nitrogen and oxygen atoms in total. The Hall–Kier alpha value is -2.11. The summed E-state index contributed by atoms with van der Waals surface area (Å²) in [5, 5.41) is 2.33. The third-order valence-corrected chi connectivity index (χ3v) is 2.32. The quantitative estimate of drug-likeness (QED) is 0.819. The molecule has 0 aliphatic rings. The van der Waals surface area contributed by atoms with Gasteiger partial charge in [-0.15, -0.1) is 0 Å². The van der Waals surface area contributed by atoms with E-state index in [1.165, 1.54) is 33.3 Å². The summed E-state index contributed by atoms with van der Waals surface area (Å²) < 4.78 is 22.8. The van der Waals surface area contributed by atoms with Gasteiger partial charge in [0.05, 0.1) is 19.8 Å². The van der Waals surface area contributed by atoms with Crippen LogP contribution in [0.2, 0.25) is 0 Å². The Balaban J connectivity index is 2.82. The first-order valence-electron chi connectivity index (χ1n) is 5.21. The molecule has 1 aromatic rings. The van der Waals surface area contributed by atoms with E-state index in [9.17, 15) is 14.0 Å². The average molecular weight is 255 g/mol. The van der Waals surface area contributed by atoms with Gasteiger partial charge in [-0.2, -0.15) is 0 Å². The van der Waals surface area contributed by atoms with Crippen LogP contribution in [0.5, 0.6) is 5.75 Å². The highest BCUT2D eigenvalue weighted by atomic mass is 19.1. The predicted molar refractivity (Wildman–Crippen MR) is 61.9 cm³/mol. The van der Waals surface area contributed by atoms with Crippen LogP contribution in [0.3, 0.4) is 0 Å². The largest absolute Gasteiger partial charge is 0.497 e. The van der Waals surface area contributed by atoms with Gasteiger partial charge in [0.25, 0.3) is 5.91 Å². The Morgan fingerprint density at radius 2 is 2.00 bits per heavy atom. The Morgan fingerprint density at radius 1 is 1.33 bits per heavy atom. The van der Waals surface area contributed by atoms with Crippen molar-refractivity contribution in [1.82, 2.24) is 5.32 Å². The molecule has 18 heavy (non-hydrogen) atoms. The van der Waals surface area contributed by atoms with Gasteiger partial charge < -0.3 is 14.8 Å². The molecule has 0 radical (unpaired) electrons. The molecule has 0 spiro atoms. The fourth-order valence-corrected chi connectivity index (χ4v) is 1.32. The highest BCUT2D eigenvalue weighted by Gasteiger charge is 2.19. The van der Waals surface area contributed by atoms with Gasteiger partial charge in [0.2, 0.25) is 0 Å². The van der Waals surface area contributed by atoms with Crippen LogP contribution in [0.1, 0.15) is 17.3 Å². The minimum absolute atomic E-state index is 0.161. The number of rotatable bonds is 4. The van der Waals surface area contributed by atoms with Crippen LogP contribution in [-0.2, 0) is 9.53 Å². The molecular weight excluding hydrogens is 241 g/mol. The number of carbonyl (C=O) groups excluding carboxylic acids is 2. The van der Waals surface area contributed by atoms with E-state index in [0.29, 0.717) is 5.75 Å². The molecule has 0 saturated heterocycles. The van der Waals surface area contributed by atoms with Gasteiger partial charge in [-0.1, -0.05) is 0 Å². The van der Waals surface area contributed by atoms with E-state index >= 15 is 0 Å². The van der Waals surface area contributed by atoms with Gasteiger partial charge in [0, 0.05) is 6.07 Å². The molecule has 6 heteroatoms. The summed E-state index contributed by atoms with van der Waals surface area (Å²) in [4.78, 5) is 22.8. The van der Waals surface area contributed by atoms with Crippen LogP contribution >= 0.6 is 0 Å². The van der Waals surface area contributed by atoms with Crippen LogP contribution in [0.15, 0.2) is 18.2 Å². The Bertz CT molecular complexity index is 461. The number of benzene rings is 1. The van der Waals surface area contributed by atoms with Crippen molar-refractivity contribution in [2.45, 2.75) is 13.0 Å². The van der Waals surface area contributed by atoms with E-state index in [0.717, 1.165) is 6.07 Å². The zero-order valence-electron chi connectivity index (χ0n) is 10.3. The van der Waals surface area contributed by atoms with Gasteiger partial charge in [-0.3, -0.25) is 4.79 Å². The topological polar surface area (TPSA) is 64.6 Å². The molecule has 1 unspecified atom stereocenters. The lowest BCUT2D eigenvalue weighted by molar-refractivity contribution is -0.142. The van der Waals surface area contributed by atoms with Gasteiger partial charge in [-0.05, 0) is 19.1 Å². The highest BCUT2D eigenvalue weighted by Crippen LogP contribution is 2.16. The second-order valence-corrected chi connectivity index (χ2v) is 3.56. The van der Waals surface area contributed by atoms with Gasteiger partial charge in [-0.25, -0.2) is 9.18 Å². The average Bonchev–Trinajstić information content (AvgIpc) is 2.37. The SMILES string of the molecule is COC(=O)C(C)NC(=O)c1ccc(OC)cc1F. The first-order chi connectivity index (χ1) is 8.49. The molecule has 0 bridgehead atoms. The number of halogens is 1. The second kappa shape index (κ2) is 6.00. The summed E-state index contributed by atoms with van der Waals surface area (Å²) in [5.74, 6) is -1.70. The number of amides is 1. The fourth-order valence-electron chi connectivity index (χ4n) is 1.32. The molecular formula is C12H14FNO4. The molecule has 0 aliphatic carbocycles. The molecule has 0 fully saturated rings. The maximum absolute atomic E-state index is 13.6. The molecule has 1 N–H and O–H groups in total. The smallest absolute Gasteiger partial charge is 0.328 e. The lowest BCUT2D eigenvalue weighted by Gasteiger charge is -2.12. The number of methoxy groups -OCH3 is 2. The second-order valence-electron chi connectivity index (χ2n) is 3.56. The maximum Gasteiger partial charge on any atom is 0.328 e. The summed E-state index contributed by atoms with van der Waals surface area (Å²) in [7, 11) is 2.60. The van der Waals surface area contributed by atoms with Crippen molar-refractivity contribution >= 4 is 11.9 Å². The molecule has 1 amide bonds. The van der Waals surface area contributed by atoms with Gasteiger partial charge in [0.15, 0.2) is 0 Å². The molecule has 1 aromatic carbocycles. The van der Waals surface area contributed by atoms with Crippen molar-refractivity contribution in [2.75, 3.05) is 14.2 Å². The lowest BCUT2D eigenvalue weighted by Crippen LogP contribution is -2.39. The maximum atomic E-state index is 13.6. The van der Waals surface area contributed by atoms with E-state index in [-0.39, 0.29) is 5.56 Å². The van der Waals surface area contributed by atoms with Crippen LogP contribution < -0.4 is 10.1 Å². The van der Waals surface area contributed by atoms with E-state index in [1.807, 2.05) is 0 Å². The van der Waals surface area contributed by atoms with E-state index in [1.54, 1.807) is 0 Å². The molecule has 1 rings (SSSR count). The van der Waals surface area contributed by atoms with E-state index in [4.69, 9.17) is 4.74 Å². The summed E-state index contributed by atoms with van der Waals surface area (Å²) >= 11 is 0.